The van der Waals surface area contributed by atoms with Gasteiger partial charge in [-0.2, -0.15) is 0 Å². The van der Waals surface area contributed by atoms with Crippen LogP contribution in [-0.2, 0) is 11.3 Å². The van der Waals surface area contributed by atoms with Gasteiger partial charge in [0.15, 0.2) is 0 Å². The lowest BCUT2D eigenvalue weighted by Gasteiger charge is -2.11. The van der Waals surface area contributed by atoms with Gasteiger partial charge in [-0.1, -0.05) is 6.92 Å². The van der Waals surface area contributed by atoms with E-state index in [9.17, 15) is 4.39 Å². The number of pyridine rings is 1. The predicted octanol–water partition coefficient (Wildman–Crippen LogP) is 1.59. The number of rotatable bonds is 6. The average Bonchev–Trinajstić information content (AvgIpc) is 2.18. The quantitative estimate of drug-likeness (QED) is 0.777. The lowest BCUT2D eigenvalue weighted by atomic mass is 10.2. The largest absolute Gasteiger partial charge is 0.384 e. The van der Waals surface area contributed by atoms with Gasteiger partial charge in [-0.15, -0.1) is 0 Å². The summed E-state index contributed by atoms with van der Waals surface area (Å²) in [6.45, 7) is 4.32. The van der Waals surface area contributed by atoms with Crippen LogP contribution in [-0.4, -0.2) is 25.2 Å². The molecule has 0 amide bonds. The lowest BCUT2D eigenvalue weighted by Crippen LogP contribution is -2.23. The molecule has 15 heavy (non-hydrogen) atoms. The summed E-state index contributed by atoms with van der Waals surface area (Å²) >= 11 is 0. The van der Waals surface area contributed by atoms with Crippen molar-refractivity contribution < 1.29 is 9.13 Å². The Morgan fingerprint density at radius 2 is 2.33 bits per heavy atom. The van der Waals surface area contributed by atoms with Crippen molar-refractivity contribution >= 4 is 0 Å². The molecule has 3 nitrogen and oxygen atoms in total. The van der Waals surface area contributed by atoms with Crippen LogP contribution >= 0.6 is 0 Å². The van der Waals surface area contributed by atoms with Crippen LogP contribution in [0.15, 0.2) is 18.5 Å². The summed E-state index contributed by atoms with van der Waals surface area (Å²) in [5.41, 5.74) is 0.861. The maximum absolute atomic E-state index is 12.8. The van der Waals surface area contributed by atoms with E-state index in [2.05, 4.69) is 17.2 Å². The molecule has 1 aromatic rings. The van der Waals surface area contributed by atoms with Crippen LogP contribution in [0.25, 0.3) is 0 Å². The van der Waals surface area contributed by atoms with Crippen molar-refractivity contribution in [2.24, 2.45) is 5.92 Å². The second-order valence-corrected chi connectivity index (χ2v) is 3.70. The Morgan fingerprint density at radius 3 is 3.00 bits per heavy atom. The summed E-state index contributed by atoms with van der Waals surface area (Å²) in [6.07, 6.45) is 2.87. The van der Waals surface area contributed by atoms with Crippen molar-refractivity contribution in [1.82, 2.24) is 10.3 Å². The molecule has 0 aromatic carbocycles. The van der Waals surface area contributed by atoms with Gasteiger partial charge in [-0.25, -0.2) is 4.39 Å². The van der Waals surface area contributed by atoms with Crippen molar-refractivity contribution in [2.75, 3.05) is 20.3 Å². The molecule has 0 bridgehead atoms. The Labute approximate surface area is 89.7 Å². The Bertz CT molecular complexity index is 294. The number of hydrogen-bond donors (Lipinski definition) is 1. The number of methoxy groups -OCH3 is 1. The minimum Gasteiger partial charge on any atom is -0.384 e. The second kappa shape index (κ2) is 6.48. The minimum absolute atomic E-state index is 0.292. The van der Waals surface area contributed by atoms with E-state index < -0.39 is 0 Å². The monoisotopic (exact) mass is 212 g/mol. The van der Waals surface area contributed by atoms with Crippen molar-refractivity contribution in [3.05, 3.63) is 29.8 Å². The SMILES string of the molecule is COCC(C)CNCc1cncc(F)c1. The highest BCUT2D eigenvalue weighted by molar-refractivity contribution is 5.09. The summed E-state index contributed by atoms with van der Waals surface area (Å²) in [4.78, 5) is 3.78. The molecule has 0 saturated heterocycles. The summed E-state index contributed by atoms with van der Waals surface area (Å²) in [5, 5.41) is 3.23. The van der Waals surface area contributed by atoms with E-state index in [0.29, 0.717) is 12.5 Å². The van der Waals surface area contributed by atoms with Crippen LogP contribution in [0.5, 0.6) is 0 Å². The third-order valence-electron chi connectivity index (χ3n) is 2.03. The summed E-state index contributed by atoms with van der Waals surface area (Å²) in [5.74, 6) is 0.163. The van der Waals surface area contributed by atoms with E-state index >= 15 is 0 Å². The zero-order valence-electron chi connectivity index (χ0n) is 9.16. The van der Waals surface area contributed by atoms with E-state index in [1.54, 1.807) is 13.3 Å². The molecule has 0 aliphatic carbocycles. The maximum atomic E-state index is 12.8. The molecular weight excluding hydrogens is 195 g/mol. The van der Waals surface area contributed by atoms with Crippen molar-refractivity contribution in [2.45, 2.75) is 13.5 Å². The van der Waals surface area contributed by atoms with Gasteiger partial charge in [0.25, 0.3) is 0 Å². The molecule has 1 N–H and O–H groups in total. The van der Waals surface area contributed by atoms with Gasteiger partial charge in [-0.3, -0.25) is 4.98 Å². The summed E-state index contributed by atoms with van der Waals surface area (Å²) < 4.78 is 17.8. The lowest BCUT2D eigenvalue weighted by molar-refractivity contribution is 0.158. The average molecular weight is 212 g/mol. The highest BCUT2D eigenvalue weighted by atomic mass is 19.1. The van der Waals surface area contributed by atoms with Crippen molar-refractivity contribution in [1.29, 1.82) is 0 Å². The Kier molecular flexibility index (Phi) is 5.21. The molecule has 0 fully saturated rings. The second-order valence-electron chi connectivity index (χ2n) is 3.70. The molecule has 0 aliphatic heterocycles. The first-order valence-electron chi connectivity index (χ1n) is 5.01. The molecule has 0 radical (unpaired) electrons. The normalized spacial score (nSPS) is 12.7. The Morgan fingerprint density at radius 1 is 1.53 bits per heavy atom. The van der Waals surface area contributed by atoms with Crippen LogP contribution in [0.4, 0.5) is 4.39 Å². The number of nitrogens with zero attached hydrogens (tertiary/aromatic N) is 1. The van der Waals surface area contributed by atoms with Gasteiger partial charge in [0.05, 0.1) is 6.20 Å². The molecule has 1 unspecified atom stereocenters. The van der Waals surface area contributed by atoms with Crippen LogP contribution in [0.3, 0.4) is 0 Å². The van der Waals surface area contributed by atoms with E-state index in [1.807, 2.05) is 0 Å². The van der Waals surface area contributed by atoms with Gasteiger partial charge in [0.1, 0.15) is 5.82 Å². The van der Waals surface area contributed by atoms with Gasteiger partial charge in [0, 0.05) is 33.0 Å². The highest BCUT2D eigenvalue weighted by Gasteiger charge is 2.01. The fourth-order valence-corrected chi connectivity index (χ4v) is 1.36. The van der Waals surface area contributed by atoms with E-state index in [4.69, 9.17) is 4.74 Å². The van der Waals surface area contributed by atoms with Crippen molar-refractivity contribution in [3.63, 3.8) is 0 Å². The summed E-state index contributed by atoms with van der Waals surface area (Å²) in [7, 11) is 1.69. The third kappa shape index (κ3) is 4.85. The first-order valence-corrected chi connectivity index (χ1v) is 5.01. The van der Waals surface area contributed by atoms with Crippen molar-refractivity contribution in [3.8, 4) is 0 Å². The third-order valence-corrected chi connectivity index (χ3v) is 2.03. The Balaban J connectivity index is 2.25. The van der Waals surface area contributed by atoms with Gasteiger partial charge in [-0.05, 0) is 17.5 Å². The fraction of sp³-hybridized carbons (Fsp3) is 0.545. The molecule has 4 heteroatoms. The van der Waals surface area contributed by atoms with E-state index in [-0.39, 0.29) is 5.82 Å². The maximum Gasteiger partial charge on any atom is 0.141 e. The predicted molar refractivity (Wildman–Crippen MR) is 56.9 cm³/mol. The van der Waals surface area contributed by atoms with Gasteiger partial charge < -0.3 is 10.1 Å². The Hall–Kier alpha value is -1.00. The van der Waals surface area contributed by atoms with Crippen LogP contribution in [0.2, 0.25) is 0 Å². The molecule has 0 saturated carbocycles. The number of halogens is 1. The van der Waals surface area contributed by atoms with Crippen LogP contribution in [0, 0.1) is 11.7 Å². The minimum atomic E-state index is -0.292. The van der Waals surface area contributed by atoms with Gasteiger partial charge in [0.2, 0.25) is 0 Å². The van der Waals surface area contributed by atoms with E-state index in [0.717, 1.165) is 18.7 Å². The molecule has 0 aliphatic rings. The zero-order valence-corrected chi connectivity index (χ0v) is 9.16. The molecule has 1 atom stereocenters. The molecule has 0 spiro atoms. The number of nitrogens with one attached hydrogen (secondary N) is 1. The number of ether oxygens (including phenoxy) is 1. The first-order chi connectivity index (χ1) is 7.22. The molecule has 84 valence electrons. The zero-order chi connectivity index (χ0) is 11.1. The van der Waals surface area contributed by atoms with Crippen LogP contribution < -0.4 is 5.32 Å². The number of aromatic nitrogens is 1. The van der Waals surface area contributed by atoms with E-state index in [1.165, 1.54) is 12.3 Å². The van der Waals surface area contributed by atoms with Gasteiger partial charge >= 0.3 is 0 Å². The smallest absolute Gasteiger partial charge is 0.141 e. The fourth-order valence-electron chi connectivity index (χ4n) is 1.36. The number of hydrogen-bond acceptors (Lipinski definition) is 3. The molecule has 1 rings (SSSR count). The molecule has 1 aromatic heterocycles. The first kappa shape index (κ1) is 12.1. The molecule has 1 heterocycles. The van der Waals surface area contributed by atoms with Crippen LogP contribution in [0.1, 0.15) is 12.5 Å². The highest BCUT2D eigenvalue weighted by Crippen LogP contribution is 2.00. The topological polar surface area (TPSA) is 34.1 Å². The molecular formula is C11H17FN2O. The standard InChI is InChI=1S/C11H17FN2O/c1-9(8-15-2)4-13-5-10-3-11(12)7-14-6-10/h3,6-7,9,13H,4-5,8H2,1-2H3. The summed E-state index contributed by atoms with van der Waals surface area (Å²) in [6, 6.07) is 1.49.